The Hall–Kier alpha value is -2.34. The van der Waals surface area contributed by atoms with Gasteiger partial charge in [-0.15, -0.1) is 0 Å². The van der Waals surface area contributed by atoms with Gasteiger partial charge in [-0.25, -0.2) is 4.98 Å². The summed E-state index contributed by atoms with van der Waals surface area (Å²) in [5.41, 5.74) is 2.15. The Kier molecular flexibility index (Phi) is 3.62. The van der Waals surface area contributed by atoms with Crippen LogP contribution in [0, 0.1) is 6.92 Å². The fourth-order valence-corrected chi connectivity index (χ4v) is 2.03. The van der Waals surface area contributed by atoms with Crippen molar-refractivity contribution in [2.24, 2.45) is 0 Å². The van der Waals surface area contributed by atoms with Crippen molar-refractivity contribution in [3.63, 3.8) is 0 Å². The molecule has 0 fully saturated rings. The van der Waals surface area contributed by atoms with Crippen molar-refractivity contribution >= 4 is 28.7 Å². The highest BCUT2D eigenvalue weighted by atomic mass is 35.5. The van der Waals surface area contributed by atoms with Crippen molar-refractivity contribution in [2.45, 2.75) is 13.8 Å². The smallest absolute Gasteiger partial charge is 0.250 e. The van der Waals surface area contributed by atoms with Crippen LogP contribution in [-0.4, -0.2) is 26.5 Å². The summed E-state index contributed by atoms with van der Waals surface area (Å²) in [4.78, 5) is 15.8. The van der Waals surface area contributed by atoms with Gasteiger partial charge in [-0.1, -0.05) is 11.6 Å². The molecule has 108 valence electrons. The normalized spacial score (nSPS) is 10.8. The van der Waals surface area contributed by atoms with Crippen LogP contribution in [0.3, 0.4) is 0 Å². The molecule has 0 aliphatic carbocycles. The van der Waals surface area contributed by atoms with Gasteiger partial charge in [-0.05, 0) is 37.6 Å². The first-order chi connectivity index (χ1) is 10.2. The van der Waals surface area contributed by atoms with Crippen LogP contribution in [0.4, 0.5) is 5.95 Å². The Morgan fingerprint density at radius 3 is 2.95 bits per heavy atom. The Morgan fingerprint density at radius 2 is 2.19 bits per heavy atom. The topological polar surface area (TPSA) is 75.7 Å². The van der Waals surface area contributed by atoms with Crippen molar-refractivity contribution in [1.82, 2.24) is 19.9 Å². The Balaban J connectivity index is 2.01. The number of benzene rings is 1. The molecule has 0 saturated heterocycles. The average molecular weight is 304 g/mol. The van der Waals surface area contributed by atoms with E-state index in [1.165, 1.54) is 0 Å². The van der Waals surface area contributed by atoms with E-state index in [-0.39, 0.29) is 0 Å². The van der Waals surface area contributed by atoms with Gasteiger partial charge in [0.25, 0.3) is 5.88 Å². The van der Waals surface area contributed by atoms with Crippen molar-refractivity contribution in [1.29, 1.82) is 0 Å². The third-order valence-corrected chi connectivity index (χ3v) is 3.36. The number of aromatic amines is 1. The van der Waals surface area contributed by atoms with Gasteiger partial charge in [0.05, 0.1) is 6.33 Å². The van der Waals surface area contributed by atoms with Gasteiger partial charge in [-0.3, -0.25) is 0 Å². The molecule has 1 aromatic carbocycles. The van der Waals surface area contributed by atoms with E-state index < -0.39 is 0 Å². The number of hydrogen-bond donors (Lipinski definition) is 2. The molecule has 6 nitrogen and oxygen atoms in total. The first-order valence-corrected chi connectivity index (χ1v) is 6.94. The fourth-order valence-electron chi connectivity index (χ4n) is 1.91. The van der Waals surface area contributed by atoms with Gasteiger partial charge >= 0.3 is 0 Å². The monoisotopic (exact) mass is 303 g/mol. The third-order valence-electron chi connectivity index (χ3n) is 2.93. The lowest BCUT2D eigenvalue weighted by molar-refractivity contribution is 0.467. The van der Waals surface area contributed by atoms with E-state index in [4.69, 9.17) is 16.3 Å². The predicted molar refractivity (Wildman–Crippen MR) is 82.1 cm³/mol. The molecule has 0 atom stereocenters. The molecule has 0 bridgehead atoms. The zero-order valence-corrected chi connectivity index (χ0v) is 12.4. The van der Waals surface area contributed by atoms with E-state index in [0.717, 1.165) is 12.1 Å². The van der Waals surface area contributed by atoms with Crippen LogP contribution in [0.1, 0.15) is 12.5 Å². The minimum atomic E-state index is 0.426. The first-order valence-electron chi connectivity index (χ1n) is 6.56. The summed E-state index contributed by atoms with van der Waals surface area (Å²) in [6.07, 6.45) is 1.56. The summed E-state index contributed by atoms with van der Waals surface area (Å²) in [5.74, 6) is 1.57. The number of nitrogens with zero attached hydrogens (tertiary/aromatic N) is 3. The second kappa shape index (κ2) is 5.57. The number of imidazole rings is 1. The molecule has 0 unspecified atom stereocenters. The standard InChI is InChI=1S/C14H14ClN5O/c1-3-16-14-19-12-11(17-7-18-12)13(20-14)21-9-4-5-10(15)8(2)6-9/h4-7H,3H2,1-2H3,(H2,16,17,18,19,20). The van der Waals surface area contributed by atoms with Gasteiger partial charge < -0.3 is 15.0 Å². The Bertz CT molecular complexity index is 786. The van der Waals surface area contributed by atoms with E-state index >= 15 is 0 Å². The summed E-state index contributed by atoms with van der Waals surface area (Å²) in [6, 6.07) is 5.45. The number of anilines is 1. The van der Waals surface area contributed by atoms with Crippen molar-refractivity contribution in [2.75, 3.05) is 11.9 Å². The van der Waals surface area contributed by atoms with Crippen LogP contribution in [-0.2, 0) is 0 Å². The highest BCUT2D eigenvalue weighted by Crippen LogP contribution is 2.28. The molecule has 0 radical (unpaired) electrons. The summed E-state index contributed by atoms with van der Waals surface area (Å²) >= 11 is 6.02. The number of ether oxygens (including phenoxy) is 1. The summed E-state index contributed by atoms with van der Waals surface area (Å²) in [5, 5.41) is 3.76. The molecule has 2 heterocycles. The Morgan fingerprint density at radius 1 is 1.33 bits per heavy atom. The van der Waals surface area contributed by atoms with E-state index in [1.54, 1.807) is 18.5 Å². The van der Waals surface area contributed by atoms with E-state index in [0.29, 0.717) is 33.8 Å². The number of halogens is 1. The minimum absolute atomic E-state index is 0.426. The lowest BCUT2D eigenvalue weighted by Gasteiger charge is -2.09. The lowest BCUT2D eigenvalue weighted by Crippen LogP contribution is -2.03. The van der Waals surface area contributed by atoms with E-state index in [1.807, 2.05) is 19.9 Å². The average Bonchev–Trinajstić information content (AvgIpc) is 2.92. The summed E-state index contributed by atoms with van der Waals surface area (Å²) in [6.45, 7) is 4.61. The molecule has 0 aliphatic heterocycles. The van der Waals surface area contributed by atoms with Gasteiger partial charge in [0.15, 0.2) is 5.65 Å². The molecule has 0 saturated carbocycles. The maximum absolute atomic E-state index is 6.02. The fraction of sp³-hybridized carbons (Fsp3) is 0.214. The zero-order chi connectivity index (χ0) is 14.8. The van der Waals surface area contributed by atoms with Gasteiger partial charge in [0, 0.05) is 11.6 Å². The molecule has 7 heteroatoms. The van der Waals surface area contributed by atoms with Crippen molar-refractivity contribution in [3.8, 4) is 11.6 Å². The second-order valence-electron chi connectivity index (χ2n) is 4.50. The van der Waals surface area contributed by atoms with Crippen LogP contribution in [0.25, 0.3) is 11.2 Å². The van der Waals surface area contributed by atoms with Crippen molar-refractivity contribution < 1.29 is 4.74 Å². The molecular weight excluding hydrogens is 290 g/mol. The number of fused-ring (bicyclic) bond motifs is 1. The van der Waals surface area contributed by atoms with Gasteiger partial charge in [0.1, 0.15) is 11.3 Å². The predicted octanol–water partition coefficient (Wildman–Crippen LogP) is 3.54. The van der Waals surface area contributed by atoms with Gasteiger partial charge in [0.2, 0.25) is 5.95 Å². The molecule has 3 aromatic rings. The van der Waals surface area contributed by atoms with Crippen LogP contribution in [0.5, 0.6) is 11.6 Å². The quantitative estimate of drug-likeness (QED) is 0.771. The first kappa shape index (κ1) is 13.6. The van der Waals surface area contributed by atoms with Crippen LogP contribution < -0.4 is 10.1 Å². The number of aromatic nitrogens is 4. The number of nitrogens with one attached hydrogen (secondary N) is 2. The molecule has 0 spiro atoms. The molecule has 0 amide bonds. The maximum atomic E-state index is 6.02. The maximum Gasteiger partial charge on any atom is 0.250 e. The minimum Gasteiger partial charge on any atom is -0.437 e. The molecule has 2 N–H and O–H groups in total. The lowest BCUT2D eigenvalue weighted by atomic mass is 10.2. The van der Waals surface area contributed by atoms with Crippen LogP contribution in [0.2, 0.25) is 5.02 Å². The highest BCUT2D eigenvalue weighted by Gasteiger charge is 2.12. The number of aryl methyl sites for hydroxylation is 1. The zero-order valence-electron chi connectivity index (χ0n) is 11.6. The molecular formula is C14H14ClN5O. The summed E-state index contributed by atoms with van der Waals surface area (Å²) < 4.78 is 5.85. The SMILES string of the molecule is CCNc1nc(Oc2ccc(Cl)c(C)c2)c2[nH]cnc2n1. The molecule has 3 rings (SSSR count). The largest absolute Gasteiger partial charge is 0.437 e. The molecule has 0 aliphatic rings. The van der Waals surface area contributed by atoms with Crippen LogP contribution in [0.15, 0.2) is 24.5 Å². The Labute approximate surface area is 126 Å². The van der Waals surface area contributed by atoms with Crippen molar-refractivity contribution in [3.05, 3.63) is 35.1 Å². The molecule has 2 aromatic heterocycles. The third kappa shape index (κ3) is 2.75. The number of rotatable bonds is 4. The summed E-state index contributed by atoms with van der Waals surface area (Å²) in [7, 11) is 0. The molecule has 21 heavy (non-hydrogen) atoms. The van der Waals surface area contributed by atoms with E-state index in [9.17, 15) is 0 Å². The highest BCUT2D eigenvalue weighted by molar-refractivity contribution is 6.31. The number of hydrogen-bond acceptors (Lipinski definition) is 5. The second-order valence-corrected chi connectivity index (χ2v) is 4.90. The van der Waals surface area contributed by atoms with Crippen LogP contribution >= 0.6 is 11.6 Å². The van der Waals surface area contributed by atoms with E-state index in [2.05, 4.69) is 25.3 Å². The van der Waals surface area contributed by atoms with Gasteiger partial charge in [-0.2, -0.15) is 9.97 Å². The number of H-pyrrole nitrogens is 1.